The fourth-order valence-electron chi connectivity index (χ4n) is 3.11. The third-order valence-electron chi connectivity index (χ3n) is 4.59. The fraction of sp³-hybridized carbons (Fsp3) is 0.240. The van der Waals surface area contributed by atoms with Crippen LogP contribution in [0.15, 0.2) is 78.9 Å². The largest absolute Gasteiger partial charge is 0.494 e. The summed E-state index contributed by atoms with van der Waals surface area (Å²) < 4.78 is 16.2. The van der Waals surface area contributed by atoms with E-state index >= 15 is 0 Å². The SMILES string of the molecule is CCOc1ccc(C(NC(=O)c2cccc(OCCOC)c2)c2ccccc2)cc1. The topological polar surface area (TPSA) is 56.8 Å². The van der Waals surface area contributed by atoms with Crippen molar-refractivity contribution >= 4 is 5.91 Å². The molecule has 0 aliphatic carbocycles. The van der Waals surface area contributed by atoms with Crippen molar-refractivity contribution in [1.82, 2.24) is 5.32 Å². The predicted octanol–water partition coefficient (Wildman–Crippen LogP) is 4.63. The van der Waals surface area contributed by atoms with Crippen LogP contribution in [-0.2, 0) is 4.74 Å². The first-order valence-corrected chi connectivity index (χ1v) is 10.0. The van der Waals surface area contributed by atoms with Gasteiger partial charge in [0, 0.05) is 12.7 Å². The third kappa shape index (κ3) is 5.84. The van der Waals surface area contributed by atoms with Crippen molar-refractivity contribution in [2.24, 2.45) is 0 Å². The highest BCUT2D eigenvalue weighted by atomic mass is 16.5. The highest BCUT2D eigenvalue weighted by Gasteiger charge is 2.18. The first-order valence-electron chi connectivity index (χ1n) is 10.0. The lowest BCUT2D eigenvalue weighted by Gasteiger charge is -2.20. The van der Waals surface area contributed by atoms with Gasteiger partial charge in [0.2, 0.25) is 0 Å². The van der Waals surface area contributed by atoms with Crippen LogP contribution in [0.25, 0.3) is 0 Å². The summed E-state index contributed by atoms with van der Waals surface area (Å²) in [6.07, 6.45) is 0. The normalized spacial score (nSPS) is 11.5. The van der Waals surface area contributed by atoms with E-state index in [0.717, 1.165) is 16.9 Å². The molecule has 5 heteroatoms. The van der Waals surface area contributed by atoms with Crippen LogP contribution in [0, 0.1) is 0 Å². The lowest BCUT2D eigenvalue weighted by molar-refractivity contribution is 0.0942. The molecule has 1 atom stereocenters. The van der Waals surface area contributed by atoms with Crippen molar-refractivity contribution in [2.75, 3.05) is 26.9 Å². The molecule has 0 spiro atoms. The molecule has 3 aromatic rings. The molecule has 3 aromatic carbocycles. The van der Waals surface area contributed by atoms with Crippen LogP contribution in [0.5, 0.6) is 11.5 Å². The maximum atomic E-state index is 13.0. The molecule has 0 heterocycles. The molecule has 156 valence electrons. The lowest BCUT2D eigenvalue weighted by Crippen LogP contribution is -2.29. The third-order valence-corrected chi connectivity index (χ3v) is 4.59. The van der Waals surface area contributed by atoms with Gasteiger partial charge in [-0.3, -0.25) is 4.79 Å². The molecule has 3 rings (SSSR count). The van der Waals surface area contributed by atoms with Crippen molar-refractivity contribution in [2.45, 2.75) is 13.0 Å². The Morgan fingerprint density at radius 2 is 1.57 bits per heavy atom. The Labute approximate surface area is 177 Å². The second-order valence-corrected chi connectivity index (χ2v) is 6.69. The van der Waals surface area contributed by atoms with Gasteiger partial charge < -0.3 is 19.5 Å². The molecule has 0 radical (unpaired) electrons. The zero-order valence-corrected chi connectivity index (χ0v) is 17.3. The predicted molar refractivity (Wildman–Crippen MR) is 117 cm³/mol. The fourth-order valence-corrected chi connectivity index (χ4v) is 3.11. The molecule has 0 saturated carbocycles. The van der Waals surface area contributed by atoms with Gasteiger partial charge in [-0.1, -0.05) is 48.5 Å². The Morgan fingerprint density at radius 1 is 0.833 bits per heavy atom. The summed E-state index contributed by atoms with van der Waals surface area (Å²) in [5, 5.41) is 3.15. The molecule has 0 fully saturated rings. The van der Waals surface area contributed by atoms with E-state index in [1.165, 1.54) is 0 Å². The molecule has 0 aromatic heterocycles. The Balaban J connectivity index is 1.81. The number of ether oxygens (including phenoxy) is 3. The molecular formula is C25H27NO4. The monoisotopic (exact) mass is 405 g/mol. The van der Waals surface area contributed by atoms with Crippen LogP contribution in [0.1, 0.15) is 34.5 Å². The Kier molecular flexibility index (Phi) is 7.86. The molecule has 1 unspecified atom stereocenters. The van der Waals surface area contributed by atoms with Gasteiger partial charge >= 0.3 is 0 Å². The second kappa shape index (κ2) is 11.0. The molecule has 1 amide bonds. The molecule has 0 aliphatic rings. The molecule has 0 bridgehead atoms. The molecule has 1 N–H and O–H groups in total. The van der Waals surface area contributed by atoms with Crippen molar-refractivity contribution in [1.29, 1.82) is 0 Å². The van der Waals surface area contributed by atoms with Gasteiger partial charge in [0.1, 0.15) is 18.1 Å². The zero-order chi connectivity index (χ0) is 21.2. The van der Waals surface area contributed by atoms with Gasteiger partial charge in [-0.05, 0) is 48.4 Å². The first kappa shape index (κ1) is 21.4. The summed E-state index contributed by atoms with van der Waals surface area (Å²) in [6, 6.07) is 24.6. The van der Waals surface area contributed by atoms with E-state index < -0.39 is 0 Å². The van der Waals surface area contributed by atoms with Crippen molar-refractivity contribution in [3.8, 4) is 11.5 Å². The number of benzene rings is 3. The maximum absolute atomic E-state index is 13.0. The summed E-state index contributed by atoms with van der Waals surface area (Å²) in [4.78, 5) is 13.0. The number of amides is 1. The molecular weight excluding hydrogens is 378 g/mol. The van der Waals surface area contributed by atoms with Gasteiger partial charge in [-0.15, -0.1) is 0 Å². The van der Waals surface area contributed by atoms with Crippen molar-refractivity contribution < 1.29 is 19.0 Å². The summed E-state index contributed by atoms with van der Waals surface area (Å²) >= 11 is 0. The van der Waals surface area contributed by atoms with Crippen LogP contribution >= 0.6 is 0 Å². The maximum Gasteiger partial charge on any atom is 0.252 e. The summed E-state index contributed by atoms with van der Waals surface area (Å²) in [6.45, 7) is 3.49. The quantitative estimate of drug-likeness (QED) is 0.500. The average Bonchev–Trinajstić information content (AvgIpc) is 2.79. The molecule has 0 saturated heterocycles. The van der Waals surface area contributed by atoms with Crippen molar-refractivity contribution in [3.05, 3.63) is 95.6 Å². The van der Waals surface area contributed by atoms with E-state index in [9.17, 15) is 4.79 Å². The van der Waals surface area contributed by atoms with Gasteiger partial charge in [-0.25, -0.2) is 0 Å². The Morgan fingerprint density at radius 3 is 2.27 bits per heavy atom. The van der Waals surface area contributed by atoms with E-state index in [-0.39, 0.29) is 11.9 Å². The Bertz CT molecular complexity index is 925. The van der Waals surface area contributed by atoms with E-state index in [4.69, 9.17) is 14.2 Å². The minimum atomic E-state index is -0.285. The zero-order valence-electron chi connectivity index (χ0n) is 17.3. The van der Waals surface area contributed by atoms with E-state index in [2.05, 4.69) is 5.32 Å². The lowest BCUT2D eigenvalue weighted by atomic mass is 9.98. The smallest absolute Gasteiger partial charge is 0.252 e. The number of hydrogen-bond donors (Lipinski definition) is 1. The van der Waals surface area contributed by atoms with Gasteiger partial charge in [0.05, 0.1) is 19.3 Å². The minimum Gasteiger partial charge on any atom is -0.494 e. The first-order chi connectivity index (χ1) is 14.7. The average molecular weight is 405 g/mol. The van der Waals surface area contributed by atoms with Crippen LogP contribution < -0.4 is 14.8 Å². The van der Waals surface area contributed by atoms with Crippen LogP contribution in [0.3, 0.4) is 0 Å². The highest BCUT2D eigenvalue weighted by molar-refractivity contribution is 5.95. The number of nitrogens with one attached hydrogen (secondary N) is 1. The standard InChI is InChI=1S/C25H27NO4/c1-3-29-22-14-12-20(13-15-22)24(19-8-5-4-6-9-19)26-25(27)21-10-7-11-23(18-21)30-17-16-28-2/h4-15,18,24H,3,16-17H2,1-2H3,(H,26,27). The molecule has 5 nitrogen and oxygen atoms in total. The highest BCUT2D eigenvalue weighted by Crippen LogP contribution is 2.25. The van der Waals surface area contributed by atoms with E-state index in [0.29, 0.717) is 31.1 Å². The minimum absolute atomic E-state index is 0.171. The van der Waals surface area contributed by atoms with Crippen molar-refractivity contribution in [3.63, 3.8) is 0 Å². The molecule has 0 aliphatic heterocycles. The van der Waals surface area contributed by atoms with E-state index in [1.807, 2.05) is 73.7 Å². The van der Waals surface area contributed by atoms with Crippen LogP contribution in [0.4, 0.5) is 0 Å². The summed E-state index contributed by atoms with van der Waals surface area (Å²) in [7, 11) is 1.62. The number of carbonyl (C=O) groups excluding carboxylic acids is 1. The van der Waals surface area contributed by atoms with E-state index in [1.54, 1.807) is 19.2 Å². The van der Waals surface area contributed by atoms with Crippen LogP contribution in [0.2, 0.25) is 0 Å². The van der Waals surface area contributed by atoms with Gasteiger partial charge in [0.25, 0.3) is 5.91 Å². The second-order valence-electron chi connectivity index (χ2n) is 6.69. The summed E-state index contributed by atoms with van der Waals surface area (Å²) in [5.41, 5.74) is 2.52. The van der Waals surface area contributed by atoms with Crippen LogP contribution in [-0.4, -0.2) is 32.8 Å². The molecule has 30 heavy (non-hydrogen) atoms. The number of rotatable bonds is 10. The van der Waals surface area contributed by atoms with Gasteiger partial charge in [0.15, 0.2) is 0 Å². The summed E-state index contributed by atoms with van der Waals surface area (Å²) in [5.74, 6) is 1.27. The van der Waals surface area contributed by atoms with Gasteiger partial charge in [-0.2, -0.15) is 0 Å². The Hall–Kier alpha value is -3.31. The number of carbonyl (C=O) groups is 1. The number of hydrogen-bond acceptors (Lipinski definition) is 4. The number of methoxy groups -OCH3 is 1.